The van der Waals surface area contributed by atoms with Crippen molar-refractivity contribution in [3.05, 3.63) is 29.3 Å². The Balaban J connectivity index is 3.38. The van der Waals surface area contributed by atoms with Crippen LogP contribution in [0.3, 0.4) is 0 Å². The molecular formula is C10H6O. The largest absolute Gasteiger partial charge is 0.505 e. The van der Waals surface area contributed by atoms with Crippen molar-refractivity contribution in [2.75, 3.05) is 0 Å². The molecule has 0 saturated carbocycles. The van der Waals surface area contributed by atoms with Crippen molar-refractivity contribution in [1.82, 2.24) is 0 Å². The summed E-state index contributed by atoms with van der Waals surface area (Å²) in [5, 5.41) is 9.30. The van der Waals surface area contributed by atoms with E-state index in [4.69, 9.17) is 12.8 Å². The molecule has 1 aromatic carbocycles. The Hall–Kier alpha value is -1.86. The fraction of sp³-hybridized carbons (Fsp3) is 0. The fourth-order valence-corrected chi connectivity index (χ4v) is 0.776. The molecule has 0 atom stereocenters. The van der Waals surface area contributed by atoms with Gasteiger partial charge in [0.25, 0.3) is 0 Å². The fourth-order valence-electron chi connectivity index (χ4n) is 0.776. The number of phenols is 1. The van der Waals surface area contributed by atoms with Crippen LogP contribution < -0.4 is 0 Å². The van der Waals surface area contributed by atoms with Gasteiger partial charge in [0.2, 0.25) is 0 Å². The second-order valence-corrected chi connectivity index (χ2v) is 1.99. The molecule has 0 aliphatic carbocycles. The first-order valence-electron chi connectivity index (χ1n) is 3.04. The van der Waals surface area contributed by atoms with Gasteiger partial charge in [-0.15, -0.1) is 12.8 Å². The average molecular weight is 142 g/mol. The number of rotatable bonds is 0. The minimum atomic E-state index is 0.0116. The van der Waals surface area contributed by atoms with E-state index >= 15 is 0 Å². The highest BCUT2D eigenvalue weighted by Crippen LogP contribution is 2.19. The highest BCUT2D eigenvalue weighted by molar-refractivity contribution is 5.54. The van der Waals surface area contributed by atoms with Gasteiger partial charge in [0.1, 0.15) is 5.75 Å². The molecule has 0 saturated heterocycles. The summed E-state index contributed by atoms with van der Waals surface area (Å²) in [7, 11) is 0. The Kier molecular flexibility index (Phi) is 1.86. The van der Waals surface area contributed by atoms with Crippen molar-refractivity contribution in [2.45, 2.75) is 0 Å². The van der Waals surface area contributed by atoms with Gasteiger partial charge >= 0.3 is 0 Å². The van der Waals surface area contributed by atoms with E-state index in [1.165, 1.54) is 0 Å². The van der Waals surface area contributed by atoms with E-state index in [0.29, 0.717) is 11.1 Å². The topological polar surface area (TPSA) is 20.2 Å². The predicted molar refractivity (Wildman–Crippen MR) is 44.0 cm³/mol. The van der Waals surface area contributed by atoms with Crippen molar-refractivity contribution < 1.29 is 5.11 Å². The second-order valence-electron chi connectivity index (χ2n) is 1.99. The van der Waals surface area contributed by atoms with Crippen molar-refractivity contribution >= 4 is 0 Å². The molecule has 0 aromatic heterocycles. The highest BCUT2D eigenvalue weighted by atomic mass is 16.3. The summed E-state index contributed by atoms with van der Waals surface area (Å²) in [5.74, 6) is 4.66. The molecule has 52 valence electrons. The van der Waals surface area contributed by atoms with E-state index < -0.39 is 0 Å². The number of benzene rings is 1. The summed E-state index contributed by atoms with van der Waals surface area (Å²) in [4.78, 5) is 0. The van der Waals surface area contributed by atoms with Crippen LogP contribution >= 0.6 is 0 Å². The Labute approximate surface area is 65.7 Å². The van der Waals surface area contributed by atoms with Crippen LogP contribution in [0.1, 0.15) is 11.1 Å². The smallest absolute Gasteiger partial charge is 0.146 e. The molecule has 0 heterocycles. The van der Waals surface area contributed by atoms with Crippen molar-refractivity contribution in [3.8, 4) is 30.4 Å². The van der Waals surface area contributed by atoms with Crippen molar-refractivity contribution in [3.63, 3.8) is 0 Å². The summed E-state index contributed by atoms with van der Waals surface area (Å²) in [5.41, 5.74) is 0.862. The summed E-state index contributed by atoms with van der Waals surface area (Å²) >= 11 is 0. The number of para-hydroxylation sites is 1. The van der Waals surface area contributed by atoms with E-state index in [2.05, 4.69) is 11.8 Å². The van der Waals surface area contributed by atoms with Crippen LogP contribution in [-0.4, -0.2) is 5.11 Å². The zero-order chi connectivity index (χ0) is 8.27. The molecule has 0 amide bonds. The van der Waals surface area contributed by atoms with Crippen LogP contribution in [0.4, 0.5) is 0 Å². The Bertz CT molecular complexity index is 318. The molecule has 0 bridgehead atoms. The molecular weight excluding hydrogens is 136 g/mol. The van der Waals surface area contributed by atoms with Gasteiger partial charge in [-0.3, -0.25) is 0 Å². The van der Waals surface area contributed by atoms with E-state index in [-0.39, 0.29) is 5.75 Å². The molecule has 0 fully saturated rings. The standard InChI is InChI=1S/C10H6O/c1-3-8-6-5-7-9(4-2)10(8)11/h1-2,5-7,11H. The van der Waals surface area contributed by atoms with Crippen LogP contribution in [-0.2, 0) is 0 Å². The van der Waals surface area contributed by atoms with Gasteiger partial charge in [-0.25, -0.2) is 0 Å². The summed E-state index contributed by atoms with van der Waals surface area (Å²) in [6, 6.07) is 4.98. The second kappa shape index (κ2) is 2.82. The molecule has 0 spiro atoms. The van der Waals surface area contributed by atoms with Crippen LogP contribution in [0.5, 0.6) is 5.75 Å². The van der Waals surface area contributed by atoms with Crippen LogP contribution in [0.25, 0.3) is 0 Å². The summed E-state index contributed by atoms with van der Waals surface area (Å²) in [6.45, 7) is 0. The molecule has 0 radical (unpaired) electrons. The average Bonchev–Trinajstić information content (AvgIpc) is 2.05. The van der Waals surface area contributed by atoms with Crippen LogP contribution in [0, 0.1) is 24.7 Å². The van der Waals surface area contributed by atoms with Gasteiger partial charge in [0, 0.05) is 0 Å². The van der Waals surface area contributed by atoms with Gasteiger partial charge in [0.15, 0.2) is 0 Å². The zero-order valence-corrected chi connectivity index (χ0v) is 5.83. The highest BCUT2D eigenvalue weighted by Gasteiger charge is 2.00. The lowest BCUT2D eigenvalue weighted by atomic mass is 10.1. The number of phenolic OH excluding ortho intramolecular Hbond substituents is 1. The van der Waals surface area contributed by atoms with Crippen molar-refractivity contribution in [2.24, 2.45) is 0 Å². The van der Waals surface area contributed by atoms with Crippen molar-refractivity contribution in [1.29, 1.82) is 0 Å². The number of aromatic hydroxyl groups is 1. The summed E-state index contributed by atoms with van der Waals surface area (Å²) < 4.78 is 0. The van der Waals surface area contributed by atoms with Gasteiger partial charge in [-0.1, -0.05) is 17.9 Å². The third-order valence-corrected chi connectivity index (χ3v) is 1.35. The van der Waals surface area contributed by atoms with E-state index in [1.807, 2.05) is 0 Å². The quantitative estimate of drug-likeness (QED) is 0.542. The number of hydrogen-bond donors (Lipinski definition) is 1. The lowest BCUT2D eigenvalue weighted by Gasteiger charge is -1.97. The van der Waals surface area contributed by atoms with E-state index in [0.717, 1.165) is 0 Å². The Morgan fingerprint density at radius 1 is 1.09 bits per heavy atom. The van der Waals surface area contributed by atoms with Gasteiger partial charge in [-0.2, -0.15) is 0 Å². The van der Waals surface area contributed by atoms with Gasteiger partial charge in [0.05, 0.1) is 11.1 Å². The van der Waals surface area contributed by atoms with Gasteiger partial charge in [-0.05, 0) is 12.1 Å². The maximum Gasteiger partial charge on any atom is 0.146 e. The Morgan fingerprint density at radius 2 is 1.55 bits per heavy atom. The first-order valence-corrected chi connectivity index (χ1v) is 3.04. The third kappa shape index (κ3) is 1.18. The molecule has 1 heteroatoms. The molecule has 1 rings (SSSR count). The summed E-state index contributed by atoms with van der Waals surface area (Å²) in [6.07, 6.45) is 10.2. The number of hydrogen-bond acceptors (Lipinski definition) is 1. The number of terminal acetylenes is 2. The lowest BCUT2D eigenvalue weighted by molar-refractivity contribution is 0.472. The van der Waals surface area contributed by atoms with Crippen LogP contribution in [0.15, 0.2) is 18.2 Å². The first kappa shape index (κ1) is 7.25. The molecule has 1 N–H and O–H groups in total. The first-order chi connectivity index (χ1) is 5.29. The molecule has 0 aliphatic heterocycles. The predicted octanol–water partition coefficient (Wildman–Crippen LogP) is 1.35. The lowest BCUT2D eigenvalue weighted by Crippen LogP contribution is -1.80. The monoisotopic (exact) mass is 142 g/mol. The maximum absolute atomic E-state index is 9.30. The zero-order valence-electron chi connectivity index (χ0n) is 5.83. The molecule has 1 nitrogen and oxygen atoms in total. The normalized spacial score (nSPS) is 8.18. The molecule has 11 heavy (non-hydrogen) atoms. The van der Waals surface area contributed by atoms with Gasteiger partial charge < -0.3 is 5.11 Å². The molecule has 0 unspecified atom stereocenters. The molecule has 0 aliphatic rings. The van der Waals surface area contributed by atoms with Crippen LogP contribution in [0.2, 0.25) is 0 Å². The minimum absolute atomic E-state index is 0.0116. The third-order valence-electron chi connectivity index (χ3n) is 1.35. The van der Waals surface area contributed by atoms with E-state index in [9.17, 15) is 5.11 Å². The minimum Gasteiger partial charge on any atom is -0.505 e. The Morgan fingerprint density at radius 3 is 1.91 bits per heavy atom. The molecule has 1 aromatic rings. The van der Waals surface area contributed by atoms with E-state index in [1.54, 1.807) is 18.2 Å². The SMILES string of the molecule is C#Cc1cccc(C#C)c1O. The maximum atomic E-state index is 9.30.